The fourth-order valence-corrected chi connectivity index (χ4v) is 3.45. The Kier molecular flexibility index (Phi) is 5.00. The number of hydrazine groups is 1. The lowest BCUT2D eigenvalue weighted by Gasteiger charge is -2.07. The van der Waals surface area contributed by atoms with E-state index in [9.17, 15) is 32.9 Å². The summed E-state index contributed by atoms with van der Waals surface area (Å²) in [5.74, 6) is -2.85. The maximum absolute atomic E-state index is 12.9. The van der Waals surface area contributed by atoms with Crippen molar-refractivity contribution in [3.8, 4) is 0 Å². The first-order chi connectivity index (χ1) is 13.1. The fourth-order valence-electron chi connectivity index (χ4n) is 2.17. The van der Waals surface area contributed by atoms with Gasteiger partial charge < -0.3 is 4.42 Å². The second-order valence-electron chi connectivity index (χ2n) is 5.29. The third-order valence-electron chi connectivity index (χ3n) is 3.41. The number of halogens is 4. The van der Waals surface area contributed by atoms with Gasteiger partial charge in [-0.3, -0.25) is 30.6 Å². The summed E-state index contributed by atoms with van der Waals surface area (Å²) in [5, 5.41) is 10.5. The average Bonchev–Trinajstić information content (AvgIpc) is 3.25. The lowest BCUT2D eigenvalue weighted by atomic mass is 10.1. The summed E-state index contributed by atoms with van der Waals surface area (Å²) in [6.45, 7) is 0. The summed E-state index contributed by atoms with van der Waals surface area (Å²) < 4.78 is 43.5. The van der Waals surface area contributed by atoms with Crippen LogP contribution in [-0.4, -0.2) is 16.7 Å². The van der Waals surface area contributed by atoms with E-state index >= 15 is 0 Å². The Morgan fingerprint density at radius 3 is 2.43 bits per heavy atom. The number of hydrogen-bond donors (Lipinski definition) is 2. The Morgan fingerprint density at radius 1 is 1.14 bits per heavy atom. The van der Waals surface area contributed by atoms with Gasteiger partial charge in [0.2, 0.25) is 5.76 Å². The molecule has 13 heteroatoms. The van der Waals surface area contributed by atoms with Gasteiger partial charge in [0.1, 0.15) is 4.92 Å². The number of alkyl halides is 3. The number of carbonyl (C=O) groups is 2. The SMILES string of the molecule is O=C(NNC(=O)c1cc2cc(C(F)(F)F)cc(Cl)c2s1)c1ccc([N+](=O)[O-])o1. The van der Waals surface area contributed by atoms with Crippen molar-refractivity contribution in [2.45, 2.75) is 6.18 Å². The van der Waals surface area contributed by atoms with Crippen molar-refractivity contribution in [3.05, 3.63) is 61.7 Å². The molecule has 2 heterocycles. The fraction of sp³-hybridized carbons (Fsp3) is 0.0667. The Hall–Kier alpha value is -3.12. The molecular formula is C15H7ClF3N3O5S. The van der Waals surface area contributed by atoms with Crippen molar-refractivity contribution in [3.63, 3.8) is 0 Å². The molecule has 1 aromatic carbocycles. The number of nitrogens with one attached hydrogen (secondary N) is 2. The Morgan fingerprint density at radius 2 is 1.82 bits per heavy atom. The second kappa shape index (κ2) is 7.13. The van der Waals surface area contributed by atoms with Crippen molar-refractivity contribution in [2.75, 3.05) is 0 Å². The Balaban J connectivity index is 1.75. The zero-order valence-corrected chi connectivity index (χ0v) is 14.9. The third-order valence-corrected chi connectivity index (χ3v) is 5.00. The lowest BCUT2D eigenvalue weighted by Crippen LogP contribution is -2.41. The van der Waals surface area contributed by atoms with Crippen LogP contribution in [0.5, 0.6) is 0 Å². The average molecular weight is 434 g/mol. The second-order valence-corrected chi connectivity index (χ2v) is 6.75. The lowest BCUT2D eigenvalue weighted by molar-refractivity contribution is -0.402. The van der Waals surface area contributed by atoms with Gasteiger partial charge in [-0.05, 0) is 29.7 Å². The van der Waals surface area contributed by atoms with Crippen LogP contribution in [0.2, 0.25) is 5.02 Å². The van der Waals surface area contributed by atoms with Gasteiger partial charge in [-0.2, -0.15) is 13.2 Å². The van der Waals surface area contributed by atoms with E-state index in [2.05, 4.69) is 4.42 Å². The highest BCUT2D eigenvalue weighted by molar-refractivity contribution is 7.21. The minimum absolute atomic E-state index is 0.0121. The van der Waals surface area contributed by atoms with Crippen molar-refractivity contribution in [1.82, 2.24) is 10.9 Å². The third kappa shape index (κ3) is 3.92. The highest BCUT2D eigenvalue weighted by atomic mass is 35.5. The van der Waals surface area contributed by atoms with Crippen LogP contribution in [0.1, 0.15) is 25.8 Å². The van der Waals surface area contributed by atoms with Gasteiger partial charge in [0.05, 0.1) is 26.2 Å². The van der Waals surface area contributed by atoms with Crippen LogP contribution in [0.15, 0.2) is 34.7 Å². The molecule has 146 valence electrons. The van der Waals surface area contributed by atoms with E-state index in [1.807, 2.05) is 10.9 Å². The maximum atomic E-state index is 12.9. The van der Waals surface area contributed by atoms with Crippen LogP contribution in [0.3, 0.4) is 0 Å². The number of benzene rings is 1. The number of amides is 2. The van der Waals surface area contributed by atoms with Gasteiger partial charge >= 0.3 is 18.0 Å². The largest absolute Gasteiger partial charge is 0.433 e. The molecule has 2 aromatic heterocycles. The van der Waals surface area contributed by atoms with E-state index < -0.39 is 40.1 Å². The molecule has 0 radical (unpaired) electrons. The van der Waals surface area contributed by atoms with Gasteiger partial charge in [0, 0.05) is 0 Å². The predicted molar refractivity (Wildman–Crippen MR) is 92.1 cm³/mol. The molecule has 8 nitrogen and oxygen atoms in total. The van der Waals surface area contributed by atoms with Gasteiger partial charge in [0.25, 0.3) is 5.91 Å². The molecule has 0 atom stereocenters. The summed E-state index contributed by atoms with van der Waals surface area (Å²) in [7, 11) is 0. The van der Waals surface area contributed by atoms with Crippen LogP contribution >= 0.6 is 22.9 Å². The molecule has 3 rings (SSSR count). The molecule has 0 aliphatic carbocycles. The molecule has 0 aliphatic heterocycles. The molecule has 0 aliphatic rings. The summed E-state index contributed by atoms with van der Waals surface area (Å²) >= 11 is 6.69. The van der Waals surface area contributed by atoms with E-state index in [-0.39, 0.29) is 20.0 Å². The van der Waals surface area contributed by atoms with E-state index in [1.165, 1.54) is 6.07 Å². The molecule has 0 fully saturated rings. The molecule has 0 spiro atoms. The standard InChI is InChI=1S/C15H7ClF3N3O5S/c16-8-5-7(15(17,18)19)3-6-4-10(28-12(6)8)14(24)21-20-13(23)9-1-2-11(27-9)22(25)26/h1-5H,(H,20,23)(H,21,24). The number of hydrogen-bond acceptors (Lipinski definition) is 6. The highest BCUT2D eigenvalue weighted by Crippen LogP contribution is 2.38. The molecule has 0 bridgehead atoms. The minimum Gasteiger partial charge on any atom is -0.395 e. The number of carbonyl (C=O) groups excluding carboxylic acids is 2. The van der Waals surface area contributed by atoms with Crippen molar-refractivity contribution < 1.29 is 32.1 Å². The smallest absolute Gasteiger partial charge is 0.395 e. The number of rotatable bonds is 3. The normalized spacial score (nSPS) is 11.4. The summed E-state index contributed by atoms with van der Waals surface area (Å²) in [6, 6.07) is 4.81. The zero-order chi connectivity index (χ0) is 20.6. The molecule has 0 unspecified atom stereocenters. The van der Waals surface area contributed by atoms with Gasteiger partial charge in [-0.15, -0.1) is 11.3 Å². The number of nitrogens with zero attached hydrogens (tertiary/aromatic N) is 1. The predicted octanol–water partition coefficient (Wildman–Crippen LogP) is 4.15. The van der Waals surface area contributed by atoms with Gasteiger partial charge in [-0.25, -0.2) is 0 Å². The van der Waals surface area contributed by atoms with Gasteiger partial charge in [0.15, 0.2) is 0 Å². The minimum atomic E-state index is -4.60. The van der Waals surface area contributed by atoms with Crippen molar-refractivity contribution in [2.24, 2.45) is 0 Å². The molecule has 2 amide bonds. The number of thiophene rings is 1. The van der Waals surface area contributed by atoms with Crippen molar-refractivity contribution in [1.29, 1.82) is 0 Å². The topological polar surface area (TPSA) is 114 Å². The van der Waals surface area contributed by atoms with Crippen molar-refractivity contribution >= 4 is 50.7 Å². The molecule has 3 aromatic rings. The Bertz CT molecular complexity index is 1110. The van der Waals surface area contributed by atoms with Crippen LogP contribution in [0.25, 0.3) is 10.1 Å². The van der Waals surface area contributed by atoms with Crippen LogP contribution < -0.4 is 10.9 Å². The number of fused-ring (bicyclic) bond motifs is 1. The number of nitro groups is 1. The molecule has 2 N–H and O–H groups in total. The van der Waals surface area contributed by atoms with E-state index in [4.69, 9.17) is 11.6 Å². The van der Waals surface area contributed by atoms with E-state index in [0.29, 0.717) is 0 Å². The van der Waals surface area contributed by atoms with Crippen LogP contribution in [-0.2, 0) is 6.18 Å². The summed E-state index contributed by atoms with van der Waals surface area (Å²) in [6.07, 6.45) is -4.60. The summed E-state index contributed by atoms with van der Waals surface area (Å²) in [4.78, 5) is 33.6. The zero-order valence-electron chi connectivity index (χ0n) is 13.3. The first kappa shape index (κ1) is 19.6. The quantitative estimate of drug-likeness (QED) is 0.475. The molecule has 28 heavy (non-hydrogen) atoms. The van der Waals surface area contributed by atoms with E-state index in [1.54, 1.807) is 0 Å². The molecular weight excluding hydrogens is 427 g/mol. The summed E-state index contributed by atoms with van der Waals surface area (Å²) in [5.41, 5.74) is 3.06. The monoisotopic (exact) mass is 433 g/mol. The van der Waals surface area contributed by atoms with Crippen LogP contribution in [0.4, 0.5) is 19.1 Å². The van der Waals surface area contributed by atoms with E-state index in [0.717, 1.165) is 35.6 Å². The first-order valence-corrected chi connectivity index (χ1v) is 8.41. The maximum Gasteiger partial charge on any atom is 0.433 e. The number of furan rings is 1. The van der Waals surface area contributed by atoms with Crippen LogP contribution in [0, 0.1) is 10.1 Å². The first-order valence-electron chi connectivity index (χ1n) is 7.21. The Labute approximate surface area is 162 Å². The molecule has 0 saturated heterocycles. The highest BCUT2D eigenvalue weighted by Gasteiger charge is 2.31. The molecule has 0 saturated carbocycles. The van der Waals surface area contributed by atoms with Gasteiger partial charge in [-0.1, -0.05) is 11.6 Å².